The highest BCUT2D eigenvalue weighted by Crippen LogP contribution is 2.16. The lowest BCUT2D eigenvalue weighted by molar-refractivity contribution is -0.138. The molecule has 0 fully saturated rings. The molecule has 0 saturated heterocycles. The van der Waals surface area contributed by atoms with Crippen LogP contribution < -0.4 is 5.32 Å². The van der Waals surface area contributed by atoms with Crippen molar-refractivity contribution in [2.75, 3.05) is 6.54 Å². The number of amides is 1. The van der Waals surface area contributed by atoms with Crippen molar-refractivity contribution in [3.63, 3.8) is 0 Å². The van der Waals surface area contributed by atoms with Gasteiger partial charge < -0.3 is 10.4 Å². The number of carboxylic acid groups (broad SMARTS) is 1. The highest BCUT2D eigenvalue weighted by molar-refractivity contribution is 5.81. The second kappa shape index (κ2) is 9.62. The molecule has 2 N–H and O–H groups in total. The Bertz CT molecular complexity index is 670. The van der Waals surface area contributed by atoms with Crippen LogP contribution in [0.5, 0.6) is 0 Å². The first-order valence-corrected chi connectivity index (χ1v) is 8.67. The molecule has 4 heteroatoms. The summed E-state index contributed by atoms with van der Waals surface area (Å²) in [4.78, 5) is 23.7. The predicted octanol–water partition coefficient (Wildman–Crippen LogP) is 3.63. The van der Waals surface area contributed by atoms with Crippen LogP contribution in [-0.2, 0) is 16.0 Å². The van der Waals surface area contributed by atoms with Gasteiger partial charge in [-0.05, 0) is 30.4 Å². The molecule has 4 nitrogen and oxygen atoms in total. The van der Waals surface area contributed by atoms with E-state index in [1.807, 2.05) is 31.2 Å². The van der Waals surface area contributed by atoms with Gasteiger partial charge in [0.05, 0.1) is 5.92 Å². The quantitative estimate of drug-likeness (QED) is 0.733. The molecule has 1 amide bonds. The normalized spacial score (nSPS) is 13.0. The molecule has 2 aromatic rings. The van der Waals surface area contributed by atoms with Gasteiger partial charge in [-0.2, -0.15) is 0 Å². The first-order chi connectivity index (χ1) is 12.1. The molecule has 0 aliphatic heterocycles. The molecule has 2 rings (SSSR count). The van der Waals surface area contributed by atoms with Crippen molar-refractivity contribution >= 4 is 11.9 Å². The summed E-state index contributed by atoms with van der Waals surface area (Å²) in [6.45, 7) is 2.00. The molecule has 0 aromatic heterocycles. The number of hydrogen-bond acceptors (Lipinski definition) is 2. The van der Waals surface area contributed by atoms with Gasteiger partial charge in [-0.15, -0.1) is 0 Å². The van der Waals surface area contributed by atoms with E-state index >= 15 is 0 Å². The fourth-order valence-electron chi connectivity index (χ4n) is 2.80. The van der Waals surface area contributed by atoms with Crippen LogP contribution in [0.3, 0.4) is 0 Å². The number of nitrogens with one attached hydrogen (secondary N) is 1. The summed E-state index contributed by atoms with van der Waals surface area (Å²) in [5.41, 5.74) is 1.97. The summed E-state index contributed by atoms with van der Waals surface area (Å²) in [6.07, 6.45) is 2.66. The van der Waals surface area contributed by atoms with Gasteiger partial charge in [0, 0.05) is 12.5 Å². The van der Waals surface area contributed by atoms with E-state index in [0.29, 0.717) is 5.56 Å². The van der Waals surface area contributed by atoms with E-state index in [9.17, 15) is 14.7 Å². The van der Waals surface area contributed by atoms with Crippen molar-refractivity contribution in [1.29, 1.82) is 0 Å². The fraction of sp³-hybridized carbons (Fsp3) is 0.333. The van der Waals surface area contributed by atoms with Crippen molar-refractivity contribution in [3.8, 4) is 0 Å². The van der Waals surface area contributed by atoms with Crippen molar-refractivity contribution in [2.24, 2.45) is 5.92 Å². The zero-order chi connectivity index (χ0) is 18.1. The van der Waals surface area contributed by atoms with Gasteiger partial charge in [-0.25, -0.2) is 0 Å². The highest BCUT2D eigenvalue weighted by Gasteiger charge is 2.21. The van der Waals surface area contributed by atoms with E-state index < -0.39 is 11.9 Å². The van der Waals surface area contributed by atoms with Gasteiger partial charge >= 0.3 is 5.97 Å². The molecule has 0 saturated carbocycles. The third-order valence-electron chi connectivity index (χ3n) is 4.37. The number of rotatable bonds is 9. The van der Waals surface area contributed by atoms with Crippen LogP contribution in [0, 0.1) is 5.92 Å². The molecule has 2 aromatic carbocycles. The summed E-state index contributed by atoms with van der Waals surface area (Å²) in [7, 11) is 0. The molecular formula is C21H25NO3. The zero-order valence-corrected chi connectivity index (χ0v) is 14.5. The van der Waals surface area contributed by atoms with Crippen molar-refractivity contribution in [2.45, 2.75) is 32.1 Å². The highest BCUT2D eigenvalue weighted by atomic mass is 16.4. The Morgan fingerprint density at radius 2 is 1.60 bits per heavy atom. The van der Waals surface area contributed by atoms with Crippen molar-refractivity contribution in [3.05, 3.63) is 71.8 Å². The summed E-state index contributed by atoms with van der Waals surface area (Å²) in [6, 6.07) is 19.2. The average Bonchev–Trinajstić information content (AvgIpc) is 2.63. The Morgan fingerprint density at radius 3 is 2.20 bits per heavy atom. The lowest BCUT2D eigenvalue weighted by Crippen LogP contribution is -2.35. The van der Waals surface area contributed by atoms with Gasteiger partial charge in [-0.1, -0.05) is 67.6 Å². The molecule has 0 aliphatic carbocycles. The van der Waals surface area contributed by atoms with Gasteiger partial charge in [0.15, 0.2) is 0 Å². The molecule has 0 heterocycles. The Kier molecular flexibility index (Phi) is 7.20. The molecule has 2 atom stereocenters. The number of hydrogen-bond donors (Lipinski definition) is 2. The minimum atomic E-state index is -0.928. The third-order valence-corrected chi connectivity index (χ3v) is 4.37. The van der Waals surface area contributed by atoms with Crippen LogP contribution in [0.1, 0.15) is 36.8 Å². The van der Waals surface area contributed by atoms with E-state index in [1.165, 1.54) is 5.56 Å². The van der Waals surface area contributed by atoms with Crippen LogP contribution in [0.2, 0.25) is 0 Å². The largest absolute Gasteiger partial charge is 0.481 e. The van der Waals surface area contributed by atoms with Crippen LogP contribution >= 0.6 is 0 Å². The standard InChI is InChI=1S/C21H25NO3/c1-16(9-8-12-17-10-4-2-5-11-17)20(23)22-15-19(21(24)25)18-13-6-3-7-14-18/h2-7,10-11,13-14,16,19H,8-9,12,15H2,1H3,(H,22,23)(H,24,25). The van der Waals surface area contributed by atoms with E-state index in [1.54, 1.807) is 24.3 Å². The predicted molar refractivity (Wildman–Crippen MR) is 98.4 cm³/mol. The smallest absolute Gasteiger partial charge is 0.312 e. The minimum Gasteiger partial charge on any atom is -0.481 e. The third kappa shape index (κ3) is 6.07. The number of carboxylic acids is 1. The second-order valence-corrected chi connectivity index (χ2v) is 6.33. The number of aliphatic carboxylic acids is 1. The average molecular weight is 339 g/mol. The molecular weight excluding hydrogens is 314 g/mol. The topological polar surface area (TPSA) is 66.4 Å². The van der Waals surface area contributed by atoms with Gasteiger partial charge in [0.2, 0.25) is 5.91 Å². The van der Waals surface area contributed by atoms with Crippen LogP contribution in [0.15, 0.2) is 60.7 Å². The number of carbonyl (C=O) groups is 2. The molecule has 0 bridgehead atoms. The van der Waals surface area contributed by atoms with E-state index in [2.05, 4.69) is 17.4 Å². The molecule has 2 unspecified atom stereocenters. The Hall–Kier alpha value is -2.62. The Balaban J connectivity index is 1.78. The Labute approximate surface area is 148 Å². The maximum absolute atomic E-state index is 12.2. The fourth-order valence-corrected chi connectivity index (χ4v) is 2.80. The number of benzene rings is 2. The minimum absolute atomic E-state index is 0.0877. The van der Waals surface area contributed by atoms with Gasteiger partial charge in [0.1, 0.15) is 0 Å². The van der Waals surface area contributed by atoms with Gasteiger partial charge in [-0.3, -0.25) is 9.59 Å². The monoisotopic (exact) mass is 339 g/mol. The number of aryl methyl sites for hydroxylation is 1. The lowest BCUT2D eigenvalue weighted by Gasteiger charge is -2.16. The van der Waals surface area contributed by atoms with Crippen LogP contribution in [-0.4, -0.2) is 23.5 Å². The van der Waals surface area contributed by atoms with Crippen molar-refractivity contribution < 1.29 is 14.7 Å². The second-order valence-electron chi connectivity index (χ2n) is 6.33. The molecule has 132 valence electrons. The first-order valence-electron chi connectivity index (χ1n) is 8.67. The van der Waals surface area contributed by atoms with Crippen LogP contribution in [0.25, 0.3) is 0 Å². The maximum atomic E-state index is 12.2. The number of carbonyl (C=O) groups excluding carboxylic acids is 1. The van der Waals surface area contributed by atoms with Gasteiger partial charge in [0.25, 0.3) is 0 Å². The zero-order valence-electron chi connectivity index (χ0n) is 14.5. The lowest BCUT2D eigenvalue weighted by atomic mass is 9.98. The molecule has 0 aliphatic rings. The van der Waals surface area contributed by atoms with Crippen molar-refractivity contribution in [1.82, 2.24) is 5.32 Å². The summed E-state index contributed by atoms with van der Waals surface area (Å²) >= 11 is 0. The summed E-state index contributed by atoms with van der Waals surface area (Å²) < 4.78 is 0. The van der Waals surface area contributed by atoms with E-state index in [4.69, 9.17) is 0 Å². The van der Waals surface area contributed by atoms with Crippen LogP contribution in [0.4, 0.5) is 0 Å². The first kappa shape index (κ1) is 18.7. The maximum Gasteiger partial charge on any atom is 0.312 e. The SMILES string of the molecule is CC(CCCc1ccccc1)C(=O)NCC(C(=O)O)c1ccccc1. The molecule has 0 radical (unpaired) electrons. The van der Waals surface area contributed by atoms with E-state index in [0.717, 1.165) is 19.3 Å². The molecule has 25 heavy (non-hydrogen) atoms. The molecule has 0 spiro atoms. The summed E-state index contributed by atoms with van der Waals surface area (Å²) in [5, 5.41) is 12.2. The summed E-state index contributed by atoms with van der Waals surface area (Å²) in [5.74, 6) is -1.87. The van der Waals surface area contributed by atoms with E-state index in [-0.39, 0.29) is 18.4 Å². The Morgan fingerprint density at radius 1 is 1.00 bits per heavy atom.